The number of methoxy groups -OCH3 is 1. The molecular weight excluding hydrogens is 266 g/mol. The molecule has 0 atom stereocenters. The first-order chi connectivity index (χ1) is 8.78. The monoisotopic (exact) mass is 283 g/mol. The second kappa shape index (κ2) is 6.26. The van der Waals surface area contributed by atoms with Crippen LogP contribution in [0.2, 0.25) is 0 Å². The van der Waals surface area contributed by atoms with Crippen molar-refractivity contribution in [1.29, 1.82) is 0 Å². The third kappa shape index (κ3) is 2.88. The van der Waals surface area contributed by atoms with Crippen molar-refractivity contribution in [3.8, 4) is 10.6 Å². The lowest BCUT2D eigenvalue weighted by Crippen LogP contribution is -1.93. The van der Waals surface area contributed by atoms with E-state index >= 15 is 0 Å². The lowest BCUT2D eigenvalue weighted by Gasteiger charge is -1.94. The Morgan fingerprint density at radius 1 is 1.39 bits per heavy atom. The van der Waals surface area contributed by atoms with Crippen LogP contribution in [0.15, 0.2) is 5.38 Å². The fourth-order valence-electron chi connectivity index (χ4n) is 1.63. The minimum absolute atomic E-state index is 0.717. The highest BCUT2D eigenvalue weighted by Gasteiger charge is 2.14. The number of hydrogen-bond donors (Lipinski definition) is 1. The normalized spacial score (nSPS) is 10.8. The first kappa shape index (κ1) is 13.5. The topological polar surface area (TPSA) is 47.0 Å². The van der Waals surface area contributed by atoms with Crippen LogP contribution in [0.5, 0.6) is 0 Å². The molecule has 4 nitrogen and oxygen atoms in total. The van der Waals surface area contributed by atoms with Crippen molar-refractivity contribution in [2.24, 2.45) is 0 Å². The molecule has 2 aromatic rings. The highest BCUT2D eigenvalue weighted by atomic mass is 32.1. The fraction of sp³-hybridized carbons (Fsp3) is 0.500. The zero-order valence-electron chi connectivity index (χ0n) is 10.8. The Labute approximate surface area is 115 Å². The Morgan fingerprint density at radius 2 is 2.22 bits per heavy atom. The predicted molar refractivity (Wildman–Crippen MR) is 77.7 cm³/mol. The zero-order valence-corrected chi connectivity index (χ0v) is 12.5. The number of ether oxygens (including phenoxy) is 1. The van der Waals surface area contributed by atoms with Crippen LogP contribution in [0.4, 0.5) is 5.13 Å². The van der Waals surface area contributed by atoms with Crippen molar-refractivity contribution in [2.75, 3.05) is 26.1 Å². The molecule has 0 bridgehead atoms. The van der Waals surface area contributed by atoms with Gasteiger partial charge in [0, 0.05) is 26.0 Å². The summed E-state index contributed by atoms with van der Waals surface area (Å²) in [6.07, 6.45) is 1.81. The molecule has 0 unspecified atom stereocenters. The van der Waals surface area contributed by atoms with Gasteiger partial charge in [-0.15, -0.1) is 22.7 Å². The lowest BCUT2D eigenvalue weighted by molar-refractivity contribution is 0.202. The van der Waals surface area contributed by atoms with E-state index in [2.05, 4.69) is 27.6 Å². The second-order valence-corrected chi connectivity index (χ2v) is 5.71. The van der Waals surface area contributed by atoms with Gasteiger partial charge in [0.2, 0.25) is 0 Å². The van der Waals surface area contributed by atoms with E-state index in [-0.39, 0.29) is 0 Å². The van der Waals surface area contributed by atoms with Crippen LogP contribution in [0.25, 0.3) is 10.6 Å². The van der Waals surface area contributed by atoms with Gasteiger partial charge in [0.25, 0.3) is 0 Å². The largest absolute Gasteiger partial charge is 0.384 e. The summed E-state index contributed by atoms with van der Waals surface area (Å²) < 4.78 is 5.10. The Bertz CT molecular complexity index is 507. The van der Waals surface area contributed by atoms with Gasteiger partial charge in [-0.1, -0.05) is 6.92 Å². The van der Waals surface area contributed by atoms with Crippen molar-refractivity contribution in [2.45, 2.75) is 19.8 Å². The number of aryl methyl sites for hydroxylation is 1. The van der Waals surface area contributed by atoms with Crippen LogP contribution in [0.3, 0.4) is 0 Å². The number of hydrogen-bond acceptors (Lipinski definition) is 6. The highest BCUT2D eigenvalue weighted by molar-refractivity contribution is 7.16. The van der Waals surface area contributed by atoms with Crippen LogP contribution in [-0.4, -0.2) is 30.7 Å². The van der Waals surface area contributed by atoms with Crippen molar-refractivity contribution >= 4 is 27.8 Å². The highest BCUT2D eigenvalue weighted by Crippen LogP contribution is 2.33. The van der Waals surface area contributed by atoms with Gasteiger partial charge in [-0.25, -0.2) is 9.97 Å². The molecule has 2 heterocycles. The third-order valence-corrected chi connectivity index (χ3v) is 4.59. The maximum absolute atomic E-state index is 5.10. The molecule has 0 spiro atoms. The van der Waals surface area contributed by atoms with Crippen molar-refractivity contribution in [3.63, 3.8) is 0 Å². The molecule has 0 radical (unpaired) electrons. The van der Waals surface area contributed by atoms with E-state index in [4.69, 9.17) is 4.74 Å². The molecule has 2 rings (SSSR count). The molecule has 0 aliphatic heterocycles. The molecule has 1 N–H and O–H groups in total. The van der Waals surface area contributed by atoms with Crippen molar-refractivity contribution < 1.29 is 4.74 Å². The van der Waals surface area contributed by atoms with E-state index in [1.54, 1.807) is 29.8 Å². The number of rotatable bonds is 6. The Balaban J connectivity index is 2.27. The van der Waals surface area contributed by atoms with Gasteiger partial charge in [-0.2, -0.15) is 0 Å². The van der Waals surface area contributed by atoms with E-state index in [0.29, 0.717) is 0 Å². The first-order valence-corrected chi connectivity index (χ1v) is 7.59. The maximum atomic E-state index is 5.10. The fourth-order valence-corrected chi connectivity index (χ4v) is 3.46. The summed E-state index contributed by atoms with van der Waals surface area (Å²) in [7, 11) is 3.61. The molecular formula is C12H17N3OS2. The standard InChI is InChI=1S/C12H17N3OS2/c1-4-8-11(9-7-17-12(13-2)15-9)18-10(14-8)5-6-16-3/h7H,4-6H2,1-3H3,(H,13,15). The molecule has 0 amide bonds. The van der Waals surface area contributed by atoms with E-state index in [9.17, 15) is 0 Å². The van der Waals surface area contributed by atoms with Crippen LogP contribution >= 0.6 is 22.7 Å². The number of thiazole rings is 2. The van der Waals surface area contributed by atoms with Gasteiger partial charge in [0.1, 0.15) is 0 Å². The summed E-state index contributed by atoms with van der Waals surface area (Å²) >= 11 is 3.35. The quantitative estimate of drug-likeness (QED) is 0.885. The van der Waals surface area contributed by atoms with E-state index in [0.717, 1.165) is 41.0 Å². The second-order valence-electron chi connectivity index (χ2n) is 3.77. The summed E-state index contributed by atoms with van der Waals surface area (Å²) in [4.78, 5) is 10.4. The van der Waals surface area contributed by atoms with Crippen LogP contribution in [0, 0.1) is 0 Å². The van der Waals surface area contributed by atoms with E-state index in [1.165, 1.54) is 4.88 Å². The molecule has 0 aromatic carbocycles. The molecule has 0 saturated carbocycles. The molecule has 0 saturated heterocycles. The maximum Gasteiger partial charge on any atom is 0.182 e. The van der Waals surface area contributed by atoms with Crippen LogP contribution in [-0.2, 0) is 17.6 Å². The first-order valence-electron chi connectivity index (χ1n) is 5.89. The third-order valence-electron chi connectivity index (χ3n) is 2.55. The van der Waals surface area contributed by atoms with Gasteiger partial charge in [-0.05, 0) is 6.42 Å². The van der Waals surface area contributed by atoms with E-state index < -0.39 is 0 Å². The summed E-state index contributed by atoms with van der Waals surface area (Å²) in [5, 5.41) is 7.22. The molecule has 2 aromatic heterocycles. The zero-order chi connectivity index (χ0) is 13.0. The summed E-state index contributed by atoms with van der Waals surface area (Å²) in [5.41, 5.74) is 2.17. The van der Waals surface area contributed by atoms with Crippen molar-refractivity contribution in [1.82, 2.24) is 9.97 Å². The number of aromatic nitrogens is 2. The van der Waals surface area contributed by atoms with Gasteiger partial charge in [0.05, 0.1) is 27.9 Å². The molecule has 0 fully saturated rings. The van der Waals surface area contributed by atoms with Gasteiger partial charge < -0.3 is 10.1 Å². The summed E-state index contributed by atoms with van der Waals surface area (Å²) in [6.45, 7) is 2.85. The summed E-state index contributed by atoms with van der Waals surface area (Å²) in [5.74, 6) is 0. The minimum atomic E-state index is 0.717. The summed E-state index contributed by atoms with van der Waals surface area (Å²) in [6, 6.07) is 0. The average molecular weight is 283 g/mol. The van der Waals surface area contributed by atoms with Crippen LogP contribution < -0.4 is 5.32 Å². The molecule has 0 aliphatic rings. The molecule has 6 heteroatoms. The smallest absolute Gasteiger partial charge is 0.182 e. The number of nitrogens with zero attached hydrogens (tertiary/aromatic N) is 2. The van der Waals surface area contributed by atoms with Crippen molar-refractivity contribution in [3.05, 3.63) is 16.1 Å². The molecule has 0 aliphatic carbocycles. The average Bonchev–Trinajstić information content (AvgIpc) is 3.02. The minimum Gasteiger partial charge on any atom is -0.384 e. The Morgan fingerprint density at radius 3 is 2.83 bits per heavy atom. The predicted octanol–water partition coefficient (Wildman–Crippen LogP) is 3.06. The Hall–Kier alpha value is -0.980. The lowest BCUT2D eigenvalue weighted by atomic mass is 10.2. The molecule has 98 valence electrons. The van der Waals surface area contributed by atoms with Gasteiger partial charge >= 0.3 is 0 Å². The molecule has 18 heavy (non-hydrogen) atoms. The van der Waals surface area contributed by atoms with Gasteiger partial charge in [0.15, 0.2) is 5.13 Å². The SMILES string of the molecule is CCc1nc(CCOC)sc1-c1csc(NC)n1. The number of anilines is 1. The van der Waals surface area contributed by atoms with Crippen LogP contribution in [0.1, 0.15) is 17.6 Å². The van der Waals surface area contributed by atoms with E-state index in [1.807, 2.05) is 7.05 Å². The Kier molecular flexibility index (Phi) is 4.68. The number of nitrogens with one attached hydrogen (secondary N) is 1. The van der Waals surface area contributed by atoms with Gasteiger partial charge in [-0.3, -0.25) is 0 Å².